The van der Waals surface area contributed by atoms with Crippen LogP contribution in [0.5, 0.6) is 0 Å². The van der Waals surface area contributed by atoms with Crippen LogP contribution >= 0.6 is 11.3 Å². The number of aromatic nitrogens is 1. The number of rotatable bonds is 3. The molecule has 2 N–H and O–H groups in total. The fourth-order valence-corrected chi connectivity index (χ4v) is 3.17. The number of thiazole rings is 1. The third-order valence-electron chi connectivity index (χ3n) is 3.34. The minimum atomic E-state index is -0.355. The van der Waals surface area contributed by atoms with Gasteiger partial charge in [-0.25, -0.2) is 10.2 Å². The molecule has 1 unspecified atom stereocenters. The highest BCUT2D eigenvalue weighted by atomic mass is 32.1. The lowest BCUT2D eigenvalue weighted by molar-refractivity contribution is -0.0853. The van der Waals surface area contributed by atoms with E-state index in [0.717, 1.165) is 15.0 Å². The number of carbonyl (C=O) groups is 1. The van der Waals surface area contributed by atoms with Gasteiger partial charge in [0.05, 0.1) is 36.1 Å². The molecule has 1 aromatic carbocycles. The largest absolute Gasteiger partial charge is 0.376 e. The Balaban J connectivity index is 1.60. The van der Waals surface area contributed by atoms with Gasteiger partial charge in [0.1, 0.15) is 0 Å². The summed E-state index contributed by atoms with van der Waals surface area (Å²) in [5, 5.41) is 6.88. The van der Waals surface area contributed by atoms with E-state index in [4.69, 9.17) is 9.47 Å². The van der Waals surface area contributed by atoms with Crippen LogP contribution in [0.1, 0.15) is 0 Å². The van der Waals surface area contributed by atoms with Crippen molar-refractivity contribution < 1.29 is 14.3 Å². The van der Waals surface area contributed by atoms with Gasteiger partial charge in [-0.05, 0) is 12.1 Å². The summed E-state index contributed by atoms with van der Waals surface area (Å²) in [6.07, 6.45) is -0.0973. The highest BCUT2D eigenvalue weighted by Crippen LogP contribution is 2.14. The first kappa shape index (κ1) is 15.0. The van der Waals surface area contributed by atoms with Crippen LogP contribution in [0, 0.1) is 0 Å². The number of hydrogen-bond acceptors (Lipinski definition) is 5. The number of para-hydroxylation sites is 1. The Kier molecular flexibility index (Phi) is 4.71. The smallest absolute Gasteiger partial charge is 0.335 e. The fourth-order valence-electron chi connectivity index (χ4n) is 2.19. The molecule has 0 aliphatic carbocycles. The Hall–Kier alpha value is -1.90. The predicted molar refractivity (Wildman–Crippen MR) is 83.5 cm³/mol. The van der Waals surface area contributed by atoms with Crippen LogP contribution in [0.2, 0.25) is 0 Å². The molecule has 118 valence electrons. The number of urea groups is 1. The standard InChI is InChI=1S/C14H18N4O3S/c1-18-11-4-2-3-5-12(11)22-14(18)17-16-13(19)15-8-10-9-20-6-7-21-10/h2-5,10H,6-9H2,1H3,(H2,15,16,19). The summed E-state index contributed by atoms with van der Waals surface area (Å²) in [6, 6.07) is 7.65. The van der Waals surface area contributed by atoms with Gasteiger partial charge >= 0.3 is 6.03 Å². The molecule has 1 aliphatic rings. The predicted octanol–water partition coefficient (Wildman–Crippen LogP) is 0.770. The van der Waals surface area contributed by atoms with Gasteiger partial charge in [0, 0.05) is 13.6 Å². The molecule has 1 aliphatic heterocycles. The summed E-state index contributed by atoms with van der Waals surface area (Å²) in [7, 11) is 1.92. The summed E-state index contributed by atoms with van der Waals surface area (Å²) in [5.41, 5.74) is 3.59. The normalized spacial score (nSPS) is 19.3. The van der Waals surface area contributed by atoms with Crippen molar-refractivity contribution in [3.8, 4) is 0 Å². The third kappa shape index (κ3) is 3.46. The Labute approximate surface area is 131 Å². The molecule has 2 amide bonds. The van der Waals surface area contributed by atoms with Crippen molar-refractivity contribution in [2.75, 3.05) is 26.4 Å². The number of benzene rings is 1. The molecule has 1 saturated heterocycles. The molecule has 3 rings (SSSR count). The van der Waals surface area contributed by atoms with Crippen LogP contribution in [0.15, 0.2) is 29.4 Å². The molecular formula is C14H18N4O3S. The Bertz CT molecular complexity index is 718. The first-order valence-electron chi connectivity index (χ1n) is 7.05. The number of fused-ring (bicyclic) bond motifs is 1. The SMILES string of the molecule is Cn1c(=NNC(=O)NCC2COCCO2)sc2ccccc21. The number of nitrogens with one attached hydrogen (secondary N) is 2. The average Bonchev–Trinajstić information content (AvgIpc) is 2.88. The van der Waals surface area contributed by atoms with E-state index in [2.05, 4.69) is 15.8 Å². The minimum absolute atomic E-state index is 0.0973. The average molecular weight is 322 g/mol. The lowest BCUT2D eigenvalue weighted by atomic mass is 10.3. The van der Waals surface area contributed by atoms with E-state index in [0.29, 0.717) is 26.4 Å². The fraction of sp³-hybridized carbons (Fsp3) is 0.429. The second kappa shape index (κ2) is 6.91. The van der Waals surface area contributed by atoms with E-state index in [1.807, 2.05) is 35.9 Å². The number of aryl methyl sites for hydroxylation is 1. The summed E-state index contributed by atoms with van der Waals surface area (Å²) < 4.78 is 13.8. The van der Waals surface area contributed by atoms with Crippen LogP contribution in [0.4, 0.5) is 4.79 Å². The molecular weight excluding hydrogens is 304 g/mol. The first-order valence-corrected chi connectivity index (χ1v) is 7.87. The molecule has 0 saturated carbocycles. The van der Waals surface area contributed by atoms with Gasteiger partial charge < -0.3 is 19.4 Å². The first-order chi connectivity index (χ1) is 10.7. The summed E-state index contributed by atoms with van der Waals surface area (Å²) in [4.78, 5) is 12.5. The van der Waals surface area contributed by atoms with E-state index in [-0.39, 0.29) is 12.1 Å². The maximum atomic E-state index is 11.8. The van der Waals surface area contributed by atoms with Crippen molar-refractivity contribution in [3.63, 3.8) is 0 Å². The third-order valence-corrected chi connectivity index (χ3v) is 4.46. The molecule has 22 heavy (non-hydrogen) atoms. The molecule has 7 nitrogen and oxygen atoms in total. The maximum Gasteiger partial charge on any atom is 0.335 e. The summed E-state index contributed by atoms with van der Waals surface area (Å²) in [6.45, 7) is 2.08. The quantitative estimate of drug-likeness (QED) is 0.820. The Morgan fingerprint density at radius 1 is 1.45 bits per heavy atom. The molecule has 0 spiro atoms. The van der Waals surface area contributed by atoms with Crippen molar-refractivity contribution >= 4 is 27.6 Å². The van der Waals surface area contributed by atoms with Gasteiger partial charge in [-0.2, -0.15) is 0 Å². The van der Waals surface area contributed by atoms with Crippen molar-refractivity contribution in [1.82, 2.24) is 15.3 Å². The molecule has 2 aromatic rings. The van der Waals surface area contributed by atoms with E-state index in [1.165, 1.54) is 11.3 Å². The zero-order chi connectivity index (χ0) is 15.4. The highest BCUT2D eigenvalue weighted by molar-refractivity contribution is 7.16. The number of amides is 2. The molecule has 0 bridgehead atoms. The number of hydrogen-bond donors (Lipinski definition) is 2. The van der Waals surface area contributed by atoms with Crippen molar-refractivity contribution in [2.24, 2.45) is 12.1 Å². The minimum Gasteiger partial charge on any atom is -0.376 e. The number of nitrogens with zero attached hydrogens (tertiary/aromatic N) is 2. The molecule has 1 atom stereocenters. The maximum absolute atomic E-state index is 11.8. The molecule has 8 heteroatoms. The second-order valence-corrected chi connectivity index (χ2v) is 5.92. The second-order valence-electron chi connectivity index (χ2n) is 4.91. The highest BCUT2D eigenvalue weighted by Gasteiger charge is 2.14. The zero-order valence-corrected chi connectivity index (χ0v) is 13.1. The Morgan fingerprint density at radius 2 is 2.32 bits per heavy atom. The van der Waals surface area contributed by atoms with E-state index < -0.39 is 0 Å². The van der Waals surface area contributed by atoms with Gasteiger partial charge in [-0.3, -0.25) is 0 Å². The van der Waals surface area contributed by atoms with Crippen molar-refractivity contribution in [1.29, 1.82) is 0 Å². The summed E-state index contributed by atoms with van der Waals surface area (Å²) in [5.74, 6) is 0. The lowest BCUT2D eigenvalue weighted by Gasteiger charge is -2.22. The van der Waals surface area contributed by atoms with Crippen LogP contribution in [0.25, 0.3) is 10.2 Å². The number of carbonyl (C=O) groups excluding carboxylic acids is 1. The van der Waals surface area contributed by atoms with Gasteiger partial charge in [-0.1, -0.05) is 23.5 Å². The monoisotopic (exact) mass is 322 g/mol. The van der Waals surface area contributed by atoms with E-state index in [9.17, 15) is 4.79 Å². The van der Waals surface area contributed by atoms with Crippen LogP contribution < -0.4 is 15.5 Å². The zero-order valence-electron chi connectivity index (χ0n) is 12.2. The van der Waals surface area contributed by atoms with Crippen molar-refractivity contribution in [2.45, 2.75) is 6.10 Å². The van der Waals surface area contributed by atoms with Gasteiger partial charge in [-0.15, -0.1) is 5.10 Å². The van der Waals surface area contributed by atoms with Crippen LogP contribution in [-0.4, -0.2) is 43.1 Å². The van der Waals surface area contributed by atoms with Crippen molar-refractivity contribution in [3.05, 3.63) is 29.1 Å². The topological polar surface area (TPSA) is 76.9 Å². The Morgan fingerprint density at radius 3 is 3.09 bits per heavy atom. The molecule has 0 radical (unpaired) electrons. The van der Waals surface area contributed by atoms with E-state index in [1.54, 1.807) is 0 Å². The molecule has 1 fully saturated rings. The van der Waals surface area contributed by atoms with Crippen LogP contribution in [0.3, 0.4) is 0 Å². The lowest BCUT2D eigenvalue weighted by Crippen LogP contribution is -2.43. The van der Waals surface area contributed by atoms with Gasteiger partial charge in [0.25, 0.3) is 0 Å². The summed E-state index contributed by atoms with van der Waals surface area (Å²) >= 11 is 1.52. The van der Waals surface area contributed by atoms with Crippen LogP contribution in [-0.2, 0) is 16.5 Å². The number of ether oxygens (including phenoxy) is 2. The van der Waals surface area contributed by atoms with E-state index >= 15 is 0 Å². The van der Waals surface area contributed by atoms with Gasteiger partial charge in [0.15, 0.2) is 0 Å². The molecule has 2 heterocycles. The molecule has 1 aromatic heterocycles. The van der Waals surface area contributed by atoms with Gasteiger partial charge in [0.2, 0.25) is 4.80 Å².